The van der Waals surface area contributed by atoms with Gasteiger partial charge in [0.15, 0.2) is 0 Å². The summed E-state index contributed by atoms with van der Waals surface area (Å²) in [5.74, 6) is -0.225. The summed E-state index contributed by atoms with van der Waals surface area (Å²) in [6.45, 7) is 2.06. The summed E-state index contributed by atoms with van der Waals surface area (Å²) in [6.07, 6.45) is 1.17. The number of anilines is 2. The van der Waals surface area contributed by atoms with Gasteiger partial charge in [-0.25, -0.2) is 4.98 Å². The summed E-state index contributed by atoms with van der Waals surface area (Å²) >= 11 is 1.42. The molecule has 1 saturated heterocycles. The van der Waals surface area contributed by atoms with Crippen LogP contribution >= 0.6 is 11.3 Å². The lowest BCUT2D eigenvalue weighted by molar-refractivity contribution is 0.102. The minimum Gasteiger partial charge on any atom is -0.392 e. The summed E-state index contributed by atoms with van der Waals surface area (Å²) in [6, 6.07) is 16.1. The van der Waals surface area contributed by atoms with Gasteiger partial charge in [0.1, 0.15) is 10.7 Å². The highest BCUT2D eigenvalue weighted by molar-refractivity contribution is 7.13. The van der Waals surface area contributed by atoms with Gasteiger partial charge in [-0.3, -0.25) is 4.79 Å². The summed E-state index contributed by atoms with van der Waals surface area (Å²) in [5, 5.41) is 14.8. The van der Waals surface area contributed by atoms with Gasteiger partial charge in [-0.1, -0.05) is 18.2 Å². The van der Waals surface area contributed by atoms with E-state index in [0.29, 0.717) is 11.7 Å². The van der Waals surface area contributed by atoms with Crippen molar-refractivity contribution in [2.45, 2.75) is 19.1 Å². The quantitative estimate of drug-likeness (QED) is 0.634. The fraction of sp³-hybridized carbons (Fsp3) is 0.304. The van der Waals surface area contributed by atoms with E-state index in [4.69, 9.17) is 0 Å². The Morgan fingerprint density at radius 1 is 1.27 bits per heavy atom. The molecule has 156 valence electrons. The normalized spacial score (nSPS) is 16.3. The number of hydrogen-bond acceptors (Lipinski definition) is 6. The number of rotatable bonds is 6. The maximum Gasteiger partial charge on any atom is 0.275 e. The highest BCUT2D eigenvalue weighted by Gasteiger charge is 2.24. The van der Waals surface area contributed by atoms with E-state index in [0.717, 1.165) is 34.9 Å². The molecule has 1 aromatic heterocycles. The van der Waals surface area contributed by atoms with Gasteiger partial charge in [0.25, 0.3) is 5.91 Å². The first-order chi connectivity index (χ1) is 14.5. The number of aliphatic hydroxyl groups excluding tert-OH is 1. The summed E-state index contributed by atoms with van der Waals surface area (Å²) in [4.78, 5) is 21.7. The highest BCUT2D eigenvalue weighted by atomic mass is 32.1. The van der Waals surface area contributed by atoms with Crippen molar-refractivity contribution in [3.63, 3.8) is 0 Å². The van der Waals surface area contributed by atoms with E-state index < -0.39 is 0 Å². The van der Waals surface area contributed by atoms with Gasteiger partial charge in [-0.15, -0.1) is 11.3 Å². The Balaban J connectivity index is 1.40. The number of carbonyl (C=O) groups is 1. The Labute approximate surface area is 180 Å². The van der Waals surface area contributed by atoms with Gasteiger partial charge in [-0.2, -0.15) is 0 Å². The molecular weight excluding hydrogens is 396 g/mol. The van der Waals surface area contributed by atoms with Crippen LogP contribution < -0.4 is 10.2 Å². The molecule has 2 aromatic carbocycles. The highest BCUT2D eigenvalue weighted by Crippen LogP contribution is 2.26. The lowest BCUT2D eigenvalue weighted by Gasteiger charge is -2.22. The van der Waals surface area contributed by atoms with Crippen molar-refractivity contribution in [3.05, 3.63) is 65.2 Å². The molecule has 6 nitrogen and oxygen atoms in total. The number of aliphatic hydroxyl groups is 1. The molecule has 1 unspecified atom stereocenters. The van der Waals surface area contributed by atoms with E-state index in [9.17, 15) is 9.90 Å². The first-order valence-corrected chi connectivity index (χ1v) is 10.9. The van der Waals surface area contributed by atoms with E-state index in [1.54, 1.807) is 5.38 Å². The lowest BCUT2D eigenvalue weighted by atomic mass is 10.1. The van der Waals surface area contributed by atoms with E-state index >= 15 is 0 Å². The number of hydrogen-bond donors (Lipinski definition) is 2. The van der Waals surface area contributed by atoms with Crippen molar-refractivity contribution in [2.24, 2.45) is 0 Å². The molecule has 1 aliphatic rings. The molecule has 30 heavy (non-hydrogen) atoms. The molecule has 0 bridgehead atoms. The van der Waals surface area contributed by atoms with Crippen LogP contribution in [0, 0.1) is 0 Å². The number of likely N-dealkylation sites (N-methyl/N-ethyl adjacent to an activating group) is 1. The van der Waals surface area contributed by atoms with E-state index in [2.05, 4.69) is 46.3 Å². The summed E-state index contributed by atoms with van der Waals surface area (Å²) in [7, 11) is 4.25. The van der Waals surface area contributed by atoms with Crippen LogP contribution in [-0.2, 0) is 6.61 Å². The monoisotopic (exact) mass is 422 g/mol. The zero-order valence-electron chi connectivity index (χ0n) is 17.2. The standard InChI is InChI=1S/C23H26N4O2S/c1-26(2)20-10-11-27(13-20)19-8-6-18(7-9-19)24-22(29)21-15-30-23(25-21)17-5-3-4-16(12-17)14-28/h3-9,12,15,20,28H,10-11,13-14H2,1-2H3,(H,24,29). The van der Waals surface area contributed by atoms with Crippen LogP contribution in [0.25, 0.3) is 10.6 Å². The second-order valence-electron chi connectivity index (χ2n) is 7.75. The molecule has 1 atom stereocenters. The Kier molecular flexibility index (Phi) is 6.13. The number of nitrogens with one attached hydrogen (secondary N) is 1. The Morgan fingerprint density at radius 2 is 2.07 bits per heavy atom. The number of nitrogens with zero attached hydrogens (tertiary/aromatic N) is 3. The third-order valence-electron chi connectivity index (χ3n) is 5.48. The van der Waals surface area contributed by atoms with Gasteiger partial charge < -0.3 is 20.2 Å². The number of amides is 1. The molecule has 2 N–H and O–H groups in total. The Hall–Kier alpha value is -2.74. The van der Waals surface area contributed by atoms with Gasteiger partial charge in [-0.05, 0) is 56.4 Å². The number of thiazole rings is 1. The minimum atomic E-state index is -0.225. The van der Waals surface area contributed by atoms with Crippen molar-refractivity contribution in [1.29, 1.82) is 0 Å². The van der Waals surface area contributed by atoms with Crippen LogP contribution in [-0.4, -0.2) is 54.1 Å². The second kappa shape index (κ2) is 8.95. The van der Waals surface area contributed by atoms with Crippen molar-refractivity contribution in [2.75, 3.05) is 37.4 Å². The molecular formula is C23H26N4O2S. The fourth-order valence-corrected chi connectivity index (χ4v) is 4.46. The first kappa shape index (κ1) is 20.5. The van der Waals surface area contributed by atoms with Gasteiger partial charge in [0, 0.05) is 41.4 Å². The maximum absolute atomic E-state index is 12.6. The summed E-state index contributed by atoms with van der Waals surface area (Å²) in [5.41, 5.74) is 4.04. The zero-order valence-corrected chi connectivity index (χ0v) is 18.0. The first-order valence-electron chi connectivity index (χ1n) is 10.0. The molecule has 7 heteroatoms. The average molecular weight is 423 g/mol. The Bertz CT molecular complexity index is 1020. The Morgan fingerprint density at radius 3 is 2.77 bits per heavy atom. The van der Waals surface area contributed by atoms with E-state index in [-0.39, 0.29) is 12.5 Å². The molecule has 1 aliphatic heterocycles. The largest absolute Gasteiger partial charge is 0.392 e. The van der Waals surface area contributed by atoms with E-state index in [1.807, 2.05) is 36.4 Å². The topological polar surface area (TPSA) is 68.7 Å². The molecule has 2 heterocycles. The van der Waals surface area contributed by atoms with Crippen LogP contribution in [0.4, 0.5) is 11.4 Å². The third kappa shape index (κ3) is 4.53. The van der Waals surface area contributed by atoms with Gasteiger partial charge in [0.2, 0.25) is 0 Å². The van der Waals surface area contributed by atoms with Crippen LogP contribution in [0.2, 0.25) is 0 Å². The number of aromatic nitrogens is 1. The third-order valence-corrected chi connectivity index (χ3v) is 6.37. The SMILES string of the molecule is CN(C)C1CCN(c2ccc(NC(=O)c3csc(-c4cccc(CO)c4)n3)cc2)C1. The molecule has 1 fully saturated rings. The van der Waals surface area contributed by atoms with Gasteiger partial charge in [0.05, 0.1) is 6.61 Å². The van der Waals surface area contributed by atoms with Crippen molar-refractivity contribution in [3.8, 4) is 10.6 Å². The number of benzene rings is 2. The smallest absolute Gasteiger partial charge is 0.275 e. The van der Waals surface area contributed by atoms with Crippen LogP contribution in [0.5, 0.6) is 0 Å². The molecule has 0 spiro atoms. The van der Waals surface area contributed by atoms with Gasteiger partial charge >= 0.3 is 0 Å². The maximum atomic E-state index is 12.6. The molecule has 0 aliphatic carbocycles. The van der Waals surface area contributed by atoms with Crippen molar-refractivity contribution in [1.82, 2.24) is 9.88 Å². The van der Waals surface area contributed by atoms with Crippen LogP contribution in [0.15, 0.2) is 53.9 Å². The second-order valence-corrected chi connectivity index (χ2v) is 8.61. The minimum absolute atomic E-state index is 0.0181. The van der Waals surface area contributed by atoms with Crippen LogP contribution in [0.1, 0.15) is 22.5 Å². The number of carbonyl (C=O) groups excluding carboxylic acids is 1. The van der Waals surface area contributed by atoms with E-state index in [1.165, 1.54) is 23.4 Å². The fourth-order valence-electron chi connectivity index (χ4n) is 3.66. The summed E-state index contributed by atoms with van der Waals surface area (Å²) < 4.78 is 0. The molecule has 0 saturated carbocycles. The van der Waals surface area contributed by atoms with Crippen molar-refractivity contribution >= 4 is 28.6 Å². The lowest BCUT2D eigenvalue weighted by Crippen LogP contribution is -2.31. The molecule has 3 aromatic rings. The predicted molar refractivity (Wildman–Crippen MR) is 122 cm³/mol. The van der Waals surface area contributed by atoms with Crippen LogP contribution in [0.3, 0.4) is 0 Å². The predicted octanol–water partition coefficient (Wildman–Crippen LogP) is 3.70. The average Bonchev–Trinajstić information content (AvgIpc) is 3.45. The molecule has 4 rings (SSSR count). The zero-order chi connectivity index (χ0) is 21.1. The molecule has 1 amide bonds. The molecule has 0 radical (unpaired) electrons. The van der Waals surface area contributed by atoms with Crippen molar-refractivity contribution < 1.29 is 9.90 Å².